The average molecular weight is 262 g/mol. The van der Waals surface area contributed by atoms with Gasteiger partial charge in [-0.15, -0.1) is 0 Å². The number of anilines is 1. The molecular formula is C14H18N2O3. The van der Waals surface area contributed by atoms with Crippen molar-refractivity contribution in [3.63, 3.8) is 0 Å². The summed E-state index contributed by atoms with van der Waals surface area (Å²) in [6.45, 7) is 0. The lowest BCUT2D eigenvalue weighted by Crippen LogP contribution is -2.48. The molecule has 1 saturated carbocycles. The molecule has 3 N–H and O–H groups in total. The molecule has 1 aliphatic carbocycles. The molecule has 5 heteroatoms. The zero-order valence-electron chi connectivity index (χ0n) is 10.9. The minimum absolute atomic E-state index is 0.188. The van der Waals surface area contributed by atoms with Crippen molar-refractivity contribution in [2.45, 2.75) is 31.2 Å². The van der Waals surface area contributed by atoms with E-state index in [9.17, 15) is 9.59 Å². The first-order valence-corrected chi connectivity index (χ1v) is 6.34. The van der Waals surface area contributed by atoms with Crippen molar-refractivity contribution in [1.29, 1.82) is 0 Å². The fourth-order valence-corrected chi connectivity index (χ4v) is 2.33. The Morgan fingerprint density at radius 1 is 1.32 bits per heavy atom. The van der Waals surface area contributed by atoms with Gasteiger partial charge < -0.3 is 15.8 Å². The van der Waals surface area contributed by atoms with Crippen molar-refractivity contribution in [1.82, 2.24) is 0 Å². The molecule has 19 heavy (non-hydrogen) atoms. The predicted octanol–water partition coefficient (Wildman–Crippen LogP) is 1.68. The summed E-state index contributed by atoms with van der Waals surface area (Å²) in [5, 5.41) is 2.77. The summed E-state index contributed by atoms with van der Waals surface area (Å²) < 4.78 is 4.64. The summed E-state index contributed by atoms with van der Waals surface area (Å²) in [5.41, 5.74) is 6.25. The maximum Gasteiger partial charge on any atom is 0.337 e. The number of carbonyl (C=O) groups excluding carboxylic acids is 2. The topological polar surface area (TPSA) is 81.4 Å². The highest BCUT2D eigenvalue weighted by atomic mass is 16.5. The van der Waals surface area contributed by atoms with E-state index in [2.05, 4.69) is 10.1 Å². The molecule has 0 aliphatic heterocycles. The van der Waals surface area contributed by atoms with E-state index in [4.69, 9.17) is 5.73 Å². The van der Waals surface area contributed by atoms with Gasteiger partial charge in [0, 0.05) is 5.69 Å². The predicted molar refractivity (Wildman–Crippen MR) is 71.8 cm³/mol. The van der Waals surface area contributed by atoms with Gasteiger partial charge in [0.2, 0.25) is 5.91 Å². The minimum atomic E-state index is -0.777. The smallest absolute Gasteiger partial charge is 0.337 e. The van der Waals surface area contributed by atoms with Crippen molar-refractivity contribution < 1.29 is 14.3 Å². The molecule has 1 amide bonds. The first-order chi connectivity index (χ1) is 9.05. The highest BCUT2D eigenvalue weighted by molar-refractivity contribution is 5.99. The lowest BCUT2D eigenvalue weighted by Gasteiger charge is -2.22. The molecule has 0 atom stereocenters. The molecule has 1 fully saturated rings. The summed E-state index contributed by atoms with van der Waals surface area (Å²) >= 11 is 0. The second kappa shape index (κ2) is 5.40. The lowest BCUT2D eigenvalue weighted by molar-refractivity contribution is -0.121. The number of nitrogens with two attached hydrogens (primary N) is 1. The molecule has 102 valence electrons. The maximum absolute atomic E-state index is 12.1. The van der Waals surface area contributed by atoms with E-state index in [0.717, 1.165) is 12.8 Å². The lowest BCUT2D eigenvalue weighted by atomic mass is 9.98. The Balaban J connectivity index is 2.11. The number of carbonyl (C=O) groups is 2. The molecule has 0 aromatic heterocycles. The molecule has 0 bridgehead atoms. The van der Waals surface area contributed by atoms with E-state index in [-0.39, 0.29) is 5.91 Å². The monoisotopic (exact) mass is 262 g/mol. The zero-order chi connectivity index (χ0) is 13.9. The van der Waals surface area contributed by atoms with Crippen molar-refractivity contribution in [2.24, 2.45) is 5.73 Å². The fourth-order valence-electron chi connectivity index (χ4n) is 2.33. The van der Waals surface area contributed by atoms with Crippen LogP contribution in [0, 0.1) is 0 Å². The molecule has 5 nitrogen and oxygen atoms in total. The van der Waals surface area contributed by atoms with Gasteiger partial charge in [-0.1, -0.05) is 18.9 Å². The van der Waals surface area contributed by atoms with Crippen LogP contribution in [-0.4, -0.2) is 24.5 Å². The minimum Gasteiger partial charge on any atom is -0.465 e. The summed E-state index contributed by atoms with van der Waals surface area (Å²) in [5.74, 6) is -0.619. The molecular weight excluding hydrogens is 244 g/mol. The van der Waals surface area contributed by atoms with Crippen LogP contribution >= 0.6 is 0 Å². The molecule has 0 unspecified atom stereocenters. The van der Waals surface area contributed by atoms with E-state index in [1.54, 1.807) is 24.3 Å². The largest absolute Gasteiger partial charge is 0.465 e. The Morgan fingerprint density at radius 2 is 2.00 bits per heavy atom. The number of hydrogen-bond acceptors (Lipinski definition) is 4. The van der Waals surface area contributed by atoms with Gasteiger partial charge >= 0.3 is 5.97 Å². The van der Waals surface area contributed by atoms with E-state index in [1.165, 1.54) is 7.11 Å². The highest BCUT2D eigenvalue weighted by Crippen LogP contribution is 2.28. The van der Waals surface area contributed by atoms with Crippen LogP contribution < -0.4 is 11.1 Å². The molecule has 0 radical (unpaired) electrons. The van der Waals surface area contributed by atoms with Crippen molar-refractivity contribution in [3.05, 3.63) is 29.8 Å². The third-order valence-electron chi connectivity index (χ3n) is 3.49. The molecule has 1 aliphatic rings. The average Bonchev–Trinajstić information content (AvgIpc) is 2.86. The van der Waals surface area contributed by atoms with E-state index in [0.29, 0.717) is 24.1 Å². The van der Waals surface area contributed by atoms with Gasteiger partial charge in [0.05, 0.1) is 18.2 Å². The second-order valence-electron chi connectivity index (χ2n) is 4.89. The van der Waals surface area contributed by atoms with Crippen molar-refractivity contribution in [3.8, 4) is 0 Å². The Morgan fingerprint density at radius 3 is 2.63 bits per heavy atom. The summed E-state index contributed by atoms with van der Waals surface area (Å²) in [7, 11) is 1.32. The summed E-state index contributed by atoms with van der Waals surface area (Å²) in [6, 6.07) is 6.64. The third-order valence-corrected chi connectivity index (χ3v) is 3.49. The summed E-state index contributed by atoms with van der Waals surface area (Å²) in [6.07, 6.45) is 3.36. The van der Waals surface area contributed by atoms with Crippen molar-refractivity contribution >= 4 is 17.6 Å². The number of hydrogen-bond donors (Lipinski definition) is 2. The van der Waals surface area contributed by atoms with Crippen LogP contribution in [-0.2, 0) is 9.53 Å². The van der Waals surface area contributed by atoms with Crippen LogP contribution in [0.15, 0.2) is 24.3 Å². The number of methoxy groups -OCH3 is 1. The van der Waals surface area contributed by atoms with Gasteiger partial charge in [-0.25, -0.2) is 4.79 Å². The third kappa shape index (κ3) is 2.93. The molecule has 0 spiro atoms. The summed E-state index contributed by atoms with van der Waals surface area (Å²) in [4.78, 5) is 23.5. The van der Waals surface area contributed by atoms with E-state index < -0.39 is 11.5 Å². The van der Waals surface area contributed by atoms with Crippen LogP contribution in [0.3, 0.4) is 0 Å². The number of esters is 1. The number of rotatable bonds is 3. The number of amides is 1. The number of ether oxygens (including phenoxy) is 1. The van der Waals surface area contributed by atoms with E-state index >= 15 is 0 Å². The molecule has 0 saturated heterocycles. The Labute approximate surface area is 112 Å². The Bertz CT molecular complexity index is 493. The van der Waals surface area contributed by atoms with Crippen molar-refractivity contribution in [2.75, 3.05) is 12.4 Å². The number of nitrogens with one attached hydrogen (secondary N) is 1. The molecule has 1 aromatic carbocycles. The normalized spacial score (nSPS) is 16.9. The van der Waals surface area contributed by atoms with Crippen LogP contribution in [0.2, 0.25) is 0 Å². The van der Waals surface area contributed by atoms with E-state index in [1.807, 2.05) is 0 Å². The number of benzene rings is 1. The zero-order valence-corrected chi connectivity index (χ0v) is 10.9. The highest BCUT2D eigenvalue weighted by Gasteiger charge is 2.36. The van der Waals surface area contributed by atoms with Gasteiger partial charge in [0.25, 0.3) is 0 Å². The van der Waals surface area contributed by atoms with Crippen LogP contribution in [0.25, 0.3) is 0 Å². The second-order valence-corrected chi connectivity index (χ2v) is 4.89. The quantitative estimate of drug-likeness (QED) is 0.812. The molecule has 2 rings (SSSR count). The Hall–Kier alpha value is -1.88. The SMILES string of the molecule is COC(=O)c1cccc(NC(=O)C2(N)CCCC2)c1. The van der Waals surface area contributed by atoms with Gasteiger partial charge in [0.15, 0.2) is 0 Å². The molecule has 0 heterocycles. The fraction of sp³-hybridized carbons (Fsp3) is 0.429. The Kier molecular flexibility index (Phi) is 3.85. The van der Waals surface area contributed by atoms with Crippen LogP contribution in [0.1, 0.15) is 36.0 Å². The standard InChI is InChI=1S/C14H18N2O3/c1-19-12(17)10-5-4-6-11(9-10)16-13(18)14(15)7-2-3-8-14/h4-6,9H,2-3,7-8,15H2,1H3,(H,16,18). The van der Waals surface area contributed by atoms with Gasteiger partial charge in [-0.05, 0) is 31.0 Å². The van der Waals surface area contributed by atoms with Gasteiger partial charge in [-0.2, -0.15) is 0 Å². The first-order valence-electron chi connectivity index (χ1n) is 6.34. The molecule has 1 aromatic rings. The maximum atomic E-state index is 12.1. The van der Waals surface area contributed by atoms with Gasteiger partial charge in [-0.3, -0.25) is 4.79 Å². The van der Waals surface area contributed by atoms with Gasteiger partial charge in [0.1, 0.15) is 0 Å². The van der Waals surface area contributed by atoms with Crippen LogP contribution in [0.4, 0.5) is 5.69 Å². The first kappa shape index (κ1) is 13.5. The van der Waals surface area contributed by atoms with Crippen LogP contribution in [0.5, 0.6) is 0 Å².